The molecular formula is C29H32F3N3O4. The Morgan fingerprint density at radius 2 is 1.77 bits per heavy atom. The zero-order chi connectivity index (χ0) is 28.1. The molecule has 7 nitrogen and oxygen atoms in total. The van der Waals surface area contributed by atoms with E-state index in [-0.39, 0.29) is 36.2 Å². The maximum absolute atomic E-state index is 14.6. The van der Waals surface area contributed by atoms with Gasteiger partial charge in [-0.1, -0.05) is 0 Å². The molecule has 1 aliphatic heterocycles. The quantitative estimate of drug-likeness (QED) is 0.411. The number of β-amino-alcohol motifs (C(OH)–C–C–N with tert-alkyl or cyclic N) is 1. The van der Waals surface area contributed by atoms with E-state index < -0.39 is 41.3 Å². The number of benzene rings is 2. The molecule has 0 unspecified atom stereocenters. The van der Waals surface area contributed by atoms with Crippen molar-refractivity contribution in [1.82, 2.24) is 15.2 Å². The highest BCUT2D eigenvalue weighted by Crippen LogP contribution is 2.48. The van der Waals surface area contributed by atoms with Crippen LogP contribution in [0.3, 0.4) is 0 Å². The number of hydrogen-bond donors (Lipinski definition) is 3. The number of carbonyl (C=O) groups is 2. The minimum absolute atomic E-state index is 0.0199. The number of ether oxygens (including phenoxy) is 1. The van der Waals surface area contributed by atoms with E-state index in [2.05, 4.69) is 10.3 Å². The van der Waals surface area contributed by atoms with Crippen molar-refractivity contribution in [3.05, 3.63) is 59.4 Å². The van der Waals surface area contributed by atoms with Gasteiger partial charge in [0.25, 0.3) is 0 Å². The molecule has 0 bridgehead atoms. The van der Waals surface area contributed by atoms with Gasteiger partial charge < -0.3 is 20.1 Å². The number of aliphatic hydroxyl groups is 1. The van der Waals surface area contributed by atoms with Crippen LogP contribution < -0.4 is 5.32 Å². The largest absolute Gasteiger partial charge is 0.444 e. The van der Waals surface area contributed by atoms with Crippen LogP contribution in [0.1, 0.15) is 51.5 Å². The highest BCUT2D eigenvalue weighted by molar-refractivity contribution is 5.92. The maximum Gasteiger partial charge on any atom is 0.411 e. The number of likely N-dealkylation sites (tertiary alicyclic amines) is 1. The maximum atomic E-state index is 14.6. The molecule has 208 valence electrons. The van der Waals surface area contributed by atoms with Crippen molar-refractivity contribution < 1.29 is 32.6 Å². The van der Waals surface area contributed by atoms with Crippen molar-refractivity contribution in [2.75, 3.05) is 13.1 Å². The van der Waals surface area contributed by atoms with E-state index in [4.69, 9.17) is 4.74 Å². The second kappa shape index (κ2) is 10.2. The Hall–Kier alpha value is -3.53. The number of aliphatic hydroxyl groups excluding tert-OH is 1. The van der Waals surface area contributed by atoms with Crippen molar-refractivity contribution in [3.8, 4) is 11.3 Å². The predicted molar refractivity (Wildman–Crippen MR) is 139 cm³/mol. The number of nitrogens with zero attached hydrogens (tertiary/aromatic N) is 1. The zero-order valence-corrected chi connectivity index (χ0v) is 22.1. The van der Waals surface area contributed by atoms with E-state index in [0.29, 0.717) is 36.0 Å². The minimum Gasteiger partial charge on any atom is -0.444 e. The Morgan fingerprint density at radius 1 is 1.08 bits per heavy atom. The number of H-pyrrole nitrogens is 1. The molecule has 2 fully saturated rings. The fourth-order valence-electron chi connectivity index (χ4n) is 5.59. The normalized spacial score (nSPS) is 23.1. The highest BCUT2D eigenvalue weighted by atomic mass is 19.1. The number of halogens is 3. The lowest BCUT2D eigenvalue weighted by Crippen LogP contribution is -2.49. The number of fused-ring (bicyclic) bond motifs is 1. The van der Waals surface area contributed by atoms with Crippen LogP contribution >= 0.6 is 0 Å². The first-order valence-electron chi connectivity index (χ1n) is 13.1. The summed E-state index contributed by atoms with van der Waals surface area (Å²) >= 11 is 0. The highest BCUT2D eigenvalue weighted by Gasteiger charge is 2.42. The molecule has 2 aliphatic rings. The van der Waals surface area contributed by atoms with Crippen LogP contribution in [0, 0.1) is 23.4 Å². The fourth-order valence-corrected chi connectivity index (χ4v) is 5.59. The molecule has 2 amide bonds. The molecule has 2 atom stereocenters. The summed E-state index contributed by atoms with van der Waals surface area (Å²) < 4.78 is 47.7. The van der Waals surface area contributed by atoms with Gasteiger partial charge in [0.1, 0.15) is 29.1 Å². The lowest BCUT2D eigenvalue weighted by Gasteiger charge is -2.36. The molecule has 2 heterocycles. The van der Waals surface area contributed by atoms with E-state index in [9.17, 15) is 27.9 Å². The van der Waals surface area contributed by atoms with E-state index in [1.54, 1.807) is 32.9 Å². The Balaban J connectivity index is 1.28. The molecule has 3 aromatic rings. The van der Waals surface area contributed by atoms with Gasteiger partial charge in [0.15, 0.2) is 0 Å². The number of aromatic amines is 1. The summed E-state index contributed by atoms with van der Waals surface area (Å²) in [5, 5.41) is 13.4. The summed E-state index contributed by atoms with van der Waals surface area (Å²) in [7, 11) is 0. The summed E-state index contributed by atoms with van der Waals surface area (Å²) in [5.41, 5.74) is 1.53. The number of rotatable bonds is 5. The average molecular weight is 544 g/mol. The lowest BCUT2D eigenvalue weighted by molar-refractivity contribution is -0.125. The van der Waals surface area contributed by atoms with Gasteiger partial charge in [-0.25, -0.2) is 18.0 Å². The van der Waals surface area contributed by atoms with Crippen LogP contribution in [-0.4, -0.2) is 57.8 Å². The van der Waals surface area contributed by atoms with E-state index in [1.165, 1.54) is 23.1 Å². The summed E-state index contributed by atoms with van der Waals surface area (Å²) in [6.07, 6.45) is 0.0147. The van der Waals surface area contributed by atoms with Gasteiger partial charge in [0.2, 0.25) is 5.91 Å². The van der Waals surface area contributed by atoms with Gasteiger partial charge in [-0.15, -0.1) is 0 Å². The molecule has 39 heavy (non-hydrogen) atoms. The molecule has 1 saturated heterocycles. The van der Waals surface area contributed by atoms with Gasteiger partial charge in [0.05, 0.1) is 23.9 Å². The van der Waals surface area contributed by atoms with Crippen molar-refractivity contribution >= 4 is 22.9 Å². The topological polar surface area (TPSA) is 94.7 Å². The third kappa shape index (κ3) is 5.61. The monoisotopic (exact) mass is 543 g/mol. The molecule has 3 N–H and O–H groups in total. The molecule has 1 saturated carbocycles. The Morgan fingerprint density at radius 3 is 2.44 bits per heavy atom. The molecule has 5 rings (SSSR count). The van der Waals surface area contributed by atoms with Gasteiger partial charge in [0, 0.05) is 24.4 Å². The number of hydrogen-bond acceptors (Lipinski definition) is 4. The van der Waals surface area contributed by atoms with E-state index in [1.807, 2.05) is 0 Å². The summed E-state index contributed by atoms with van der Waals surface area (Å²) in [6.45, 7) is 5.59. The molecule has 2 aromatic carbocycles. The van der Waals surface area contributed by atoms with Crippen LogP contribution in [0.25, 0.3) is 22.2 Å². The summed E-state index contributed by atoms with van der Waals surface area (Å²) in [4.78, 5) is 29.8. The molecular weight excluding hydrogens is 511 g/mol. The van der Waals surface area contributed by atoms with Gasteiger partial charge >= 0.3 is 6.09 Å². The molecule has 1 aliphatic carbocycles. The Labute approximate surface area is 224 Å². The van der Waals surface area contributed by atoms with Crippen LogP contribution in [0.2, 0.25) is 0 Å². The first-order valence-corrected chi connectivity index (χ1v) is 13.1. The third-order valence-electron chi connectivity index (χ3n) is 7.42. The Bertz CT molecular complexity index is 1390. The Kier molecular flexibility index (Phi) is 7.09. The summed E-state index contributed by atoms with van der Waals surface area (Å²) in [5.74, 6) is -2.03. The fraction of sp³-hybridized carbons (Fsp3) is 0.448. The van der Waals surface area contributed by atoms with E-state index >= 15 is 0 Å². The summed E-state index contributed by atoms with van der Waals surface area (Å²) in [6, 6.07) is 7.15. The smallest absolute Gasteiger partial charge is 0.411 e. The zero-order valence-electron chi connectivity index (χ0n) is 22.1. The van der Waals surface area contributed by atoms with Crippen LogP contribution in [0.15, 0.2) is 36.4 Å². The van der Waals surface area contributed by atoms with Crippen LogP contribution in [0.5, 0.6) is 0 Å². The first kappa shape index (κ1) is 27.1. The van der Waals surface area contributed by atoms with Gasteiger partial charge in [-0.05, 0) is 86.9 Å². The number of aromatic nitrogens is 1. The average Bonchev–Trinajstić information content (AvgIpc) is 3.39. The van der Waals surface area contributed by atoms with Crippen LogP contribution in [0.4, 0.5) is 18.0 Å². The van der Waals surface area contributed by atoms with Gasteiger partial charge in [-0.2, -0.15) is 0 Å². The molecule has 10 heteroatoms. The molecule has 0 radical (unpaired) electrons. The van der Waals surface area contributed by atoms with Crippen molar-refractivity contribution in [1.29, 1.82) is 0 Å². The third-order valence-corrected chi connectivity index (χ3v) is 7.42. The molecule has 0 spiro atoms. The number of nitrogens with one attached hydrogen (secondary N) is 2. The number of amides is 2. The first-order chi connectivity index (χ1) is 18.4. The number of carbonyl (C=O) groups excluding carboxylic acids is 2. The van der Waals surface area contributed by atoms with Crippen molar-refractivity contribution in [2.24, 2.45) is 5.92 Å². The van der Waals surface area contributed by atoms with Gasteiger partial charge in [-0.3, -0.25) is 9.69 Å². The van der Waals surface area contributed by atoms with E-state index in [0.717, 1.165) is 11.6 Å². The SMILES string of the molecule is CC(C)(C)OC(=O)N1C[C@H](O)C[C@@H]1C(=O)NCC1CC(c2c(-c3ccc(F)cc3)[nH]c3c(F)cc(F)cc23)C1. The standard InChI is InChI=1S/C29H32F3N3O4/c1-29(2,3)39-28(38)35-14-20(36)12-23(35)27(37)33-13-15-8-17(9-15)24-21-10-19(31)11-22(32)26(21)34-25(24)16-4-6-18(30)7-5-16/h4-7,10-11,15,17,20,23,34,36H,8-9,12-14H2,1-3H3,(H,33,37)/t15?,17?,20-,23-/m1/s1. The second-order valence-electron chi connectivity index (χ2n) is 11.5. The lowest BCUT2D eigenvalue weighted by atomic mass is 9.70. The second-order valence-corrected chi connectivity index (χ2v) is 11.5. The minimum atomic E-state index is -0.824. The van der Waals surface area contributed by atoms with Crippen molar-refractivity contribution in [3.63, 3.8) is 0 Å². The van der Waals surface area contributed by atoms with Crippen molar-refractivity contribution in [2.45, 2.75) is 63.7 Å². The molecule has 1 aromatic heterocycles. The predicted octanol–water partition coefficient (Wildman–Crippen LogP) is 5.23. The van der Waals surface area contributed by atoms with Crippen LogP contribution in [-0.2, 0) is 9.53 Å².